The zero-order chi connectivity index (χ0) is 19.2. The first-order valence-electron chi connectivity index (χ1n) is 9.29. The van der Waals surface area contributed by atoms with Crippen molar-refractivity contribution in [1.82, 2.24) is 4.31 Å². The van der Waals surface area contributed by atoms with E-state index in [1.54, 1.807) is 12.1 Å². The molecule has 7 heteroatoms. The third kappa shape index (κ3) is 6.29. The molecule has 0 heterocycles. The SMILES string of the molecule is CC(C)Oc1ccccc1NC(=O)CN(C1CCCCCC1)S(C)(=O)=O. The maximum Gasteiger partial charge on any atom is 0.239 e. The predicted molar refractivity (Wildman–Crippen MR) is 104 cm³/mol. The highest BCUT2D eigenvalue weighted by Gasteiger charge is 2.29. The summed E-state index contributed by atoms with van der Waals surface area (Å²) in [4.78, 5) is 12.6. The lowest BCUT2D eigenvalue weighted by Gasteiger charge is -2.28. The smallest absolute Gasteiger partial charge is 0.239 e. The van der Waals surface area contributed by atoms with Gasteiger partial charge in [0, 0.05) is 6.04 Å². The third-order valence-corrected chi connectivity index (χ3v) is 5.76. The van der Waals surface area contributed by atoms with Crippen LogP contribution < -0.4 is 10.1 Å². The number of ether oxygens (including phenoxy) is 1. The number of carbonyl (C=O) groups excluding carboxylic acids is 1. The summed E-state index contributed by atoms with van der Waals surface area (Å²) in [5, 5.41) is 2.80. The molecule has 0 aromatic heterocycles. The molecule has 1 fully saturated rings. The first kappa shape index (κ1) is 20.7. The van der Waals surface area contributed by atoms with Crippen LogP contribution in [0.5, 0.6) is 5.75 Å². The van der Waals surface area contributed by atoms with Crippen LogP contribution in [-0.2, 0) is 14.8 Å². The van der Waals surface area contributed by atoms with Gasteiger partial charge in [0.15, 0.2) is 0 Å². The summed E-state index contributed by atoms with van der Waals surface area (Å²) in [6.07, 6.45) is 7.04. The zero-order valence-corrected chi connectivity index (χ0v) is 16.7. The van der Waals surface area contributed by atoms with Gasteiger partial charge in [-0.1, -0.05) is 37.8 Å². The van der Waals surface area contributed by atoms with Crippen molar-refractivity contribution in [3.05, 3.63) is 24.3 Å². The summed E-state index contributed by atoms with van der Waals surface area (Å²) in [7, 11) is -3.46. The highest BCUT2D eigenvalue weighted by molar-refractivity contribution is 7.88. The zero-order valence-electron chi connectivity index (χ0n) is 15.9. The second kappa shape index (κ2) is 9.37. The van der Waals surface area contributed by atoms with Gasteiger partial charge in [0.1, 0.15) is 5.75 Å². The topological polar surface area (TPSA) is 75.7 Å². The Morgan fingerprint density at radius 2 is 1.81 bits per heavy atom. The fourth-order valence-corrected chi connectivity index (χ4v) is 4.42. The van der Waals surface area contributed by atoms with Crippen LogP contribution in [0.15, 0.2) is 24.3 Å². The Hall–Kier alpha value is -1.60. The molecule has 1 aliphatic carbocycles. The quantitative estimate of drug-likeness (QED) is 0.734. The maximum atomic E-state index is 12.6. The Kier molecular flexibility index (Phi) is 7.46. The van der Waals surface area contributed by atoms with Gasteiger partial charge in [-0.15, -0.1) is 0 Å². The molecule has 0 spiro atoms. The minimum atomic E-state index is -3.46. The van der Waals surface area contributed by atoms with Gasteiger partial charge >= 0.3 is 0 Å². The molecule has 146 valence electrons. The molecule has 1 aromatic carbocycles. The molecule has 1 aliphatic rings. The van der Waals surface area contributed by atoms with E-state index in [2.05, 4.69) is 5.32 Å². The lowest BCUT2D eigenvalue weighted by Crippen LogP contribution is -2.44. The molecule has 0 radical (unpaired) electrons. The van der Waals surface area contributed by atoms with E-state index in [4.69, 9.17) is 4.74 Å². The number of anilines is 1. The monoisotopic (exact) mass is 382 g/mol. The van der Waals surface area contributed by atoms with Crippen LogP contribution >= 0.6 is 0 Å². The molecule has 1 aromatic rings. The Morgan fingerprint density at radius 1 is 1.19 bits per heavy atom. The summed E-state index contributed by atoms with van der Waals surface area (Å²) < 4.78 is 31.6. The highest BCUT2D eigenvalue weighted by atomic mass is 32.2. The standard InChI is InChI=1S/C19H30N2O4S/c1-15(2)25-18-13-9-8-12-17(18)20-19(22)14-21(26(3,23)24)16-10-6-4-5-7-11-16/h8-9,12-13,15-16H,4-7,10-11,14H2,1-3H3,(H,20,22). The first-order chi connectivity index (χ1) is 12.3. The molecular weight excluding hydrogens is 352 g/mol. The van der Waals surface area contributed by atoms with Crippen molar-refractivity contribution < 1.29 is 17.9 Å². The van der Waals surface area contributed by atoms with Gasteiger partial charge in [-0.05, 0) is 38.8 Å². The number of rotatable bonds is 7. The Bertz CT molecular complexity index is 695. The molecule has 0 bridgehead atoms. The van der Waals surface area contributed by atoms with Crippen molar-refractivity contribution in [1.29, 1.82) is 0 Å². The second-order valence-electron chi connectivity index (χ2n) is 7.16. The number of para-hydroxylation sites is 2. The van der Waals surface area contributed by atoms with E-state index >= 15 is 0 Å². The molecule has 26 heavy (non-hydrogen) atoms. The van der Waals surface area contributed by atoms with Gasteiger partial charge in [-0.2, -0.15) is 4.31 Å². The Balaban J connectivity index is 2.10. The first-order valence-corrected chi connectivity index (χ1v) is 11.1. The van der Waals surface area contributed by atoms with Gasteiger partial charge in [-0.3, -0.25) is 4.79 Å². The van der Waals surface area contributed by atoms with E-state index in [1.165, 1.54) is 10.6 Å². The lowest BCUT2D eigenvalue weighted by molar-refractivity contribution is -0.116. The minimum Gasteiger partial charge on any atom is -0.489 e. The number of hydrogen-bond acceptors (Lipinski definition) is 4. The minimum absolute atomic E-state index is 0.0217. The molecule has 0 unspecified atom stereocenters. The van der Waals surface area contributed by atoms with Crippen molar-refractivity contribution in [3.63, 3.8) is 0 Å². The van der Waals surface area contributed by atoms with Crippen LogP contribution in [0.2, 0.25) is 0 Å². The summed E-state index contributed by atoms with van der Waals surface area (Å²) in [5.74, 6) is 0.232. The normalized spacial score (nSPS) is 16.5. The number of sulfonamides is 1. The number of hydrogen-bond donors (Lipinski definition) is 1. The van der Waals surface area contributed by atoms with Gasteiger partial charge in [0.05, 0.1) is 24.6 Å². The average Bonchev–Trinajstić information content (AvgIpc) is 2.82. The van der Waals surface area contributed by atoms with Crippen LogP contribution in [0.1, 0.15) is 52.4 Å². The highest BCUT2D eigenvalue weighted by Crippen LogP contribution is 2.26. The molecule has 0 aliphatic heterocycles. The van der Waals surface area contributed by atoms with E-state index < -0.39 is 10.0 Å². The van der Waals surface area contributed by atoms with E-state index in [0.717, 1.165) is 38.5 Å². The van der Waals surface area contributed by atoms with E-state index in [0.29, 0.717) is 11.4 Å². The van der Waals surface area contributed by atoms with Crippen LogP contribution in [0.3, 0.4) is 0 Å². The Morgan fingerprint density at radius 3 is 2.38 bits per heavy atom. The number of carbonyl (C=O) groups is 1. The fourth-order valence-electron chi connectivity index (χ4n) is 3.32. The van der Waals surface area contributed by atoms with Crippen LogP contribution in [-0.4, -0.2) is 43.6 Å². The maximum absolute atomic E-state index is 12.6. The van der Waals surface area contributed by atoms with E-state index in [1.807, 2.05) is 26.0 Å². The van der Waals surface area contributed by atoms with Gasteiger partial charge in [0.2, 0.25) is 15.9 Å². The molecule has 1 N–H and O–H groups in total. The molecule has 0 saturated heterocycles. The van der Waals surface area contributed by atoms with E-state index in [9.17, 15) is 13.2 Å². The molecule has 1 saturated carbocycles. The van der Waals surface area contributed by atoms with Crippen molar-refractivity contribution in [2.45, 2.75) is 64.5 Å². The summed E-state index contributed by atoms with van der Waals surface area (Å²) >= 11 is 0. The van der Waals surface area contributed by atoms with Crippen LogP contribution in [0, 0.1) is 0 Å². The Labute approximate surface area is 157 Å². The number of nitrogens with one attached hydrogen (secondary N) is 1. The van der Waals surface area contributed by atoms with Gasteiger partial charge in [-0.25, -0.2) is 8.42 Å². The predicted octanol–water partition coefficient (Wildman–Crippen LogP) is 3.40. The van der Waals surface area contributed by atoms with Crippen molar-refractivity contribution in [3.8, 4) is 5.75 Å². The van der Waals surface area contributed by atoms with Crippen LogP contribution in [0.25, 0.3) is 0 Å². The van der Waals surface area contributed by atoms with Gasteiger partial charge in [0.25, 0.3) is 0 Å². The third-order valence-electron chi connectivity index (χ3n) is 4.48. The lowest BCUT2D eigenvalue weighted by atomic mass is 10.1. The van der Waals surface area contributed by atoms with Crippen molar-refractivity contribution >= 4 is 21.6 Å². The molecular formula is C19H30N2O4S. The molecule has 6 nitrogen and oxygen atoms in total. The van der Waals surface area contributed by atoms with Crippen LogP contribution in [0.4, 0.5) is 5.69 Å². The number of benzene rings is 1. The largest absolute Gasteiger partial charge is 0.489 e. The number of nitrogens with zero attached hydrogens (tertiary/aromatic N) is 1. The van der Waals surface area contributed by atoms with Gasteiger partial charge < -0.3 is 10.1 Å². The second-order valence-corrected chi connectivity index (χ2v) is 9.10. The average molecular weight is 383 g/mol. The molecule has 0 atom stereocenters. The van der Waals surface area contributed by atoms with Crippen molar-refractivity contribution in [2.24, 2.45) is 0 Å². The molecule has 1 amide bonds. The summed E-state index contributed by atoms with van der Waals surface area (Å²) in [5.41, 5.74) is 0.556. The van der Waals surface area contributed by atoms with Crippen molar-refractivity contribution in [2.75, 3.05) is 18.1 Å². The summed E-state index contributed by atoms with van der Waals surface area (Å²) in [6.45, 7) is 3.66. The fraction of sp³-hybridized carbons (Fsp3) is 0.632. The number of amides is 1. The molecule has 2 rings (SSSR count). The summed E-state index contributed by atoms with van der Waals surface area (Å²) in [6, 6.07) is 7.09. The van der Waals surface area contributed by atoms with E-state index in [-0.39, 0.29) is 24.6 Å².